The number of aliphatic hydroxyl groups is 1. The Kier molecular flexibility index (Phi) is 3.82. The molecule has 1 N–H and O–H groups in total. The SMILES string of the molecule is Cc1cc(N(C)CCC(C)O)c2ccccc2n1. The molecule has 0 aliphatic heterocycles. The molecule has 2 rings (SSSR count). The standard InChI is InChI=1S/C15H20N2O/c1-11-10-15(17(3)9-8-12(2)18)13-6-4-5-7-14(13)16-11/h4-7,10,12,18H,8-9H2,1-3H3. The van der Waals surface area contributed by atoms with Crippen LogP contribution in [-0.2, 0) is 0 Å². The zero-order chi connectivity index (χ0) is 13.1. The molecular weight excluding hydrogens is 224 g/mol. The number of anilines is 1. The van der Waals surface area contributed by atoms with E-state index >= 15 is 0 Å². The fourth-order valence-electron chi connectivity index (χ4n) is 2.10. The lowest BCUT2D eigenvalue weighted by molar-refractivity contribution is 0.187. The van der Waals surface area contributed by atoms with Gasteiger partial charge in [0.15, 0.2) is 0 Å². The fourth-order valence-corrected chi connectivity index (χ4v) is 2.10. The quantitative estimate of drug-likeness (QED) is 0.898. The monoisotopic (exact) mass is 244 g/mol. The van der Waals surface area contributed by atoms with Gasteiger partial charge in [-0.3, -0.25) is 4.98 Å². The Labute approximate surface area is 108 Å². The second-order valence-electron chi connectivity index (χ2n) is 4.86. The molecule has 1 aromatic carbocycles. The first-order valence-corrected chi connectivity index (χ1v) is 6.33. The first-order chi connectivity index (χ1) is 8.58. The molecule has 2 aromatic rings. The van der Waals surface area contributed by atoms with Gasteiger partial charge in [0.25, 0.3) is 0 Å². The minimum absolute atomic E-state index is 0.262. The number of aliphatic hydroxyl groups excluding tert-OH is 1. The summed E-state index contributed by atoms with van der Waals surface area (Å²) in [6.07, 6.45) is 0.508. The molecule has 1 atom stereocenters. The lowest BCUT2D eigenvalue weighted by Gasteiger charge is -2.22. The minimum Gasteiger partial charge on any atom is -0.393 e. The summed E-state index contributed by atoms with van der Waals surface area (Å²) < 4.78 is 0. The van der Waals surface area contributed by atoms with Crippen molar-refractivity contribution in [2.24, 2.45) is 0 Å². The summed E-state index contributed by atoms with van der Waals surface area (Å²) in [4.78, 5) is 6.72. The fraction of sp³-hybridized carbons (Fsp3) is 0.400. The number of aryl methyl sites for hydroxylation is 1. The van der Waals surface area contributed by atoms with Gasteiger partial charge in [0.2, 0.25) is 0 Å². The van der Waals surface area contributed by atoms with Crippen LogP contribution in [0.3, 0.4) is 0 Å². The smallest absolute Gasteiger partial charge is 0.0726 e. The van der Waals surface area contributed by atoms with Crippen molar-refractivity contribution in [1.29, 1.82) is 0 Å². The molecule has 0 fully saturated rings. The van der Waals surface area contributed by atoms with Gasteiger partial charge in [-0.15, -0.1) is 0 Å². The molecule has 3 nitrogen and oxygen atoms in total. The average Bonchev–Trinajstić information content (AvgIpc) is 2.34. The van der Waals surface area contributed by atoms with E-state index in [1.165, 1.54) is 5.69 Å². The highest BCUT2D eigenvalue weighted by molar-refractivity contribution is 5.91. The average molecular weight is 244 g/mol. The summed E-state index contributed by atoms with van der Waals surface area (Å²) in [5, 5.41) is 10.5. The second kappa shape index (κ2) is 5.36. The highest BCUT2D eigenvalue weighted by Gasteiger charge is 2.08. The minimum atomic E-state index is -0.262. The topological polar surface area (TPSA) is 36.4 Å². The molecule has 0 bridgehead atoms. The van der Waals surface area contributed by atoms with Gasteiger partial charge in [0, 0.05) is 30.4 Å². The highest BCUT2D eigenvalue weighted by Crippen LogP contribution is 2.25. The number of rotatable bonds is 4. The van der Waals surface area contributed by atoms with E-state index in [4.69, 9.17) is 0 Å². The molecule has 3 heteroatoms. The third-order valence-electron chi connectivity index (χ3n) is 3.12. The Bertz CT molecular complexity index is 537. The van der Waals surface area contributed by atoms with Gasteiger partial charge in [-0.1, -0.05) is 18.2 Å². The molecule has 1 heterocycles. The van der Waals surface area contributed by atoms with E-state index in [1.807, 2.05) is 32.0 Å². The summed E-state index contributed by atoms with van der Waals surface area (Å²) in [6.45, 7) is 4.67. The van der Waals surface area contributed by atoms with Crippen molar-refractivity contribution >= 4 is 16.6 Å². The summed E-state index contributed by atoms with van der Waals surface area (Å²) in [7, 11) is 2.06. The Morgan fingerprint density at radius 3 is 2.78 bits per heavy atom. The number of fused-ring (bicyclic) bond motifs is 1. The molecule has 0 aliphatic carbocycles. The maximum Gasteiger partial charge on any atom is 0.0726 e. The van der Waals surface area contributed by atoms with E-state index in [0.717, 1.165) is 29.6 Å². The van der Waals surface area contributed by atoms with E-state index in [-0.39, 0.29) is 6.10 Å². The lowest BCUT2D eigenvalue weighted by atomic mass is 10.1. The van der Waals surface area contributed by atoms with Crippen LogP contribution in [0.1, 0.15) is 19.0 Å². The van der Waals surface area contributed by atoms with Crippen LogP contribution in [0.5, 0.6) is 0 Å². The Balaban J connectivity index is 2.36. The molecule has 0 amide bonds. The maximum atomic E-state index is 9.38. The van der Waals surface area contributed by atoms with Gasteiger partial charge in [-0.25, -0.2) is 0 Å². The molecule has 0 saturated heterocycles. The van der Waals surface area contributed by atoms with Crippen LogP contribution < -0.4 is 4.90 Å². The number of para-hydroxylation sites is 1. The van der Waals surface area contributed by atoms with Gasteiger partial charge in [0.1, 0.15) is 0 Å². The molecular formula is C15H20N2O. The molecule has 0 spiro atoms. The van der Waals surface area contributed by atoms with Crippen molar-refractivity contribution in [2.45, 2.75) is 26.4 Å². The number of aromatic nitrogens is 1. The van der Waals surface area contributed by atoms with Crippen LogP contribution in [-0.4, -0.2) is 29.8 Å². The third kappa shape index (κ3) is 2.79. The van der Waals surface area contributed by atoms with Gasteiger partial charge in [-0.2, -0.15) is 0 Å². The van der Waals surface area contributed by atoms with Gasteiger partial charge >= 0.3 is 0 Å². The van der Waals surface area contributed by atoms with Crippen LogP contribution in [0.2, 0.25) is 0 Å². The van der Waals surface area contributed by atoms with Crippen LogP contribution in [0.15, 0.2) is 30.3 Å². The third-order valence-corrected chi connectivity index (χ3v) is 3.12. The number of benzene rings is 1. The Morgan fingerprint density at radius 1 is 1.33 bits per heavy atom. The van der Waals surface area contributed by atoms with E-state index in [9.17, 15) is 5.11 Å². The molecule has 0 saturated carbocycles. The molecule has 1 aromatic heterocycles. The molecule has 0 radical (unpaired) electrons. The molecule has 18 heavy (non-hydrogen) atoms. The van der Waals surface area contributed by atoms with Crippen LogP contribution >= 0.6 is 0 Å². The normalized spacial score (nSPS) is 12.7. The zero-order valence-electron chi connectivity index (χ0n) is 11.2. The Hall–Kier alpha value is -1.61. The van der Waals surface area contributed by atoms with E-state index in [1.54, 1.807) is 0 Å². The van der Waals surface area contributed by atoms with Crippen LogP contribution in [0.25, 0.3) is 10.9 Å². The summed E-state index contributed by atoms with van der Waals surface area (Å²) in [5.41, 5.74) is 3.22. The van der Waals surface area contributed by atoms with Crippen molar-refractivity contribution in [3.63, 3.8) is 0 Å². The number of pyridine rings is 1. The van der Waals surface area contributed by atoms with E-state index < -0.39 is 0 Å². The van der Waals surface area contributed by atoms with Crippen LogP contribution in [0, 0.1) is 6.92 Å². The number of hydrogen-bond donors (Lipinski definition) is 1. The summed E-state index contributed by atoms with van der Waals surface area (Å²) in [6, 6.07) is 10.3. The van der Waals surface area contributed by atoms with Crippen molar-refractivity contribution in [1.82, 2.24) is 4.98 Å². The summed E-state index contributed by atoms with van der Waals surface area (Å²) >= 11 is 0. The van der Waals surface area contributed by atoms with Crippen molar-refractivity contribution in [3.05, 3.63) is 36.0 Å². The van der Waals surface area contributed by atoms with Gasteiger partial charge in [0.05, 0.1) is 11.6 Å². The lowest BCUT2D eigenvalue weighted by Crippen LogP contribution is -2.22. The summed E-state index contributed by atoms with van der Waals surface area (Å²) in [5.74, 6) is 0. The zero-order valence-corrected chi connectivity index (χ0v) is 11.2. The Morgan fingerprint density at radius 2 is 2.06 bits per heavy atom. The second-order valence-corrected chi connectivity index (χ2v) is 4.86. The molecule has 1 unspecified atom stereocenters. The van der Waals surface area contributed by atoms with Crippen LogP contribution in [0.4, 0.5) is 5.69 Å². The van der Waals surface area contributed by atoms with Crippen molar-refractivity contribution < 1.29 is 5.11 Å². The predicted octanol–water partition coefficient (Wildman–Crippen LogP) is 2.75. The number of nitrogens with zero attached hydrogens (tertiary/aromatic N) is 2. The number of hydrogen-bond acceptors (Lipinski definition) is 3. The first kappa shape index (κ1) is 12.8. The molecule has 0 aliphatic rings. The van der Waals surface area contributed by atoms with E-state index in [0.29, 0.717) is 0 Å². The largest absolute Gasteiger partial charge is 0.393 e. The van der Waals surface area contributed by atoms with E-state index in [2.05, 4.69) is 29.1 Å². The maximum absolute atomic E-state index is 9.38. The van der Waals surface area contributed by atoms with Crippen molar-refractivity contribution in [2.75, 3.05) is 18.5 Å². The van der Waals surface area contributed by atoms with Crippen molar-refractivity contribution in [3.8, 4) is 0 Å². The first-order valence-electron chi connectivity index (χ1n) is 6.33. The van der Waals surface area contributed by atoms with Gasteiger partial charge < -0.3 is 10.0 Å². The predicted molar refractivity (Wildman–Crippen MR) is 76.0 cm³/mol. The van der Waals surface area contributed by atoms with Gasteiger partial charge in [-0.05, 0) is 32.4 Å². The molecule has 96 valence electrons. The highest BCUT2D eigenvalue weighted by atomic mass is 16.3.